The summed E-state index contributed by atoms with van der Waals surface area (Å²) in [6.07, 6.45) is -2.35. The summed E-state index contributed by atoms with van der Waals surface area (Å²) in [5.41, 5.74) is 17.3. The van der Waals surface area contributed by atoms with Crippen LogP contribution in [-0.2, 0) is 55.0 Å². The maximum atomic E-state index is 14.0. The Morgan fingerprint density at radius 1 is 0.649 bits per heavy atom. The van der Waals surface area contributed by atoms with Crippen LogP contribution in [0.1, 0.15) is 63.6 Å². The van der Waals surface area contributed by atoms with Crippen LogP contribution in [0.15, 0.2) is 46.7 Å². The number of azo groups is 1. The Morgan fingerprint density at radius 2 is 1.14 bits per heavy atom. The number of phosphoric ester groups is 3. The molecule has 4 fully saturated rings. The number of aliphatic hydroxyl groups excluding tert-OH is 1. The molecule has 11 heterocycles. The van der Waals surface area contributed by atoms with Crippen LogP contribution in [0.2, 0.25) is 0 Å². The second-order valence-electron chi connectivity index (χ2n) is 18.1. The Labute approximate surface area is 414 Å². The van der Waals surface area contributed by atoms with Crippen LogP contribution in [0, 0.1) is 0 Å². The van der Waals surface area contributed by atoms with E-state index in [-0.39, 0.29) is 83.0 Å². The van der Waals surface area contributed by atoms with E-state index in [4.69, 9.17) is 58.6 Å². The summed E-state index contributed by atoms with van der Waals surface area (Å²) >= 11 is 0. The van der Waals surface area contributed by atoms with Gasteiger partial charge in [0.1, 0.15) is 78.4 Å². The number of hydrogen-bond donors (Lipinski definition) is 8. The third-order valence-corrected chi connectivity index (χ3v) is 16.2. The summed E-state index contributed by atoms with van der Waals surface area (Å²) in [6, 6.07) is 0.123. The number of nitrogen functional groups attached to an aromatic ring is 3. The molecule has 6 aromatic rings. The number of nitrogens with two attached hydrogens (primary N) is 3. The number of nitrogens with zero attached hydrogens (tertiary/aromatic N) is 13. The first-order chi connectivity index (χ1) is 35.3. The van der Waals surface area contributed by atoms with Crippen LogP contribution in [0.3, 0.4) is 0 Å². The summed E-state index contributed by atoms with van der Waals surface area (Å²) in [7, 11) is -15.1. The molecule has 398 valence electrons. The molecule has 12 rings (SSSR count). The summed E-state index contributed by atoms with van der Waals surface area (Å²) in [4.78, 5) is 80.9. The quantitative estimate of drug-likeness (QED) is 0.0526. The van der Waals surface area contributed by atoms with E-state index in [9.17, 15) is 38.3 Å². The first kappa shape index (κ1) is 50.8. The fourth-order valence-electron chi connectivity index (χ4n) is 9.49. The molecule has 6 aliphatic rings. The van der Waals surface area contributed by atoms with Crippen LogP contribution in [0.25, 0.3) is 33.5 Å². The van der Waals surface area contributed by atoms with E-state index in [0.29, 0.717) is 12.8 Å². The van der Waals surface area contributed by atoms with Crippen molar-refractivity contribution in [1.29, 1.82) is 0 Å². The van der Waals surface area contributed by atoms with Crippen LogP contribution in [-0.4, -0.2) is 153 Å². The Morgan fingerprint density at radius 3 is 1.68 bits per heavy atom. The maximum Gasteiger partial charge on any atom is 0.472 e. The molecule has 6 aromatic heterocycles. The third kappa shape index (κ3) is 10.3. The minimum atomic E-state index is -5.21. The van der Waals surface area contributed by atoms with Gasteiger partial charge in [-0.05, 0) is 25.7 Å². The zero-order valence-corrected chi connectivity index (χ0v) is 41.1. The number of fused-ring (bicyclic) bond motifs is 5. The standard InChI is InChI=1S/C37H48N17O17P3/c38-30-27-32(43-12-41-30)52(14-45-27)25-6-19(22(68-25)9-63-72(57,58)66-11-37-3-1-17(2-4-37)50-51-37)71-74(61,62)65-10-23-20(7-26(69-23)53-15-46-28-31(39)42-13-44-33(28)53)70-73(59,60)64-8-21-18(55)5-24(67-21)54-16-47-29-34(54)48-36(40)49-35(29)56/h12-26,55H,1-11H2,(H,57,58)(H,59,60)(H,61,62)(H2,38,41,43)(H2,39,42,44)(H3,40,48,49,56)/t17?,18-,19-,20-,21+,22+,23+,24+,25+,26+,37?/m0/s1. The van der Waals surface area contributed by atoms with E-state index in [1.165, 1.54) is 45.3 Å². The highest BCUT2D eigenvalue weighted by Gasteiger charge is 2.48. The van der Waals surface area contributed by atoms with E-state index in [2.05, 4.69) is 55.1 Å². The van der Waals surface area contributed by atoms with Gasteiger partial charge in [0.05, 0.1) is 57.6 Å². The fraction of sp³-hybridized carbons (Fsp3) is 0.595. The van der Waals surface area contributed by atoms with Crippen molar-refractivity contribution in [3.63, 3.8) is 0 Å². The molecule has 3 unspecified atom stereocenters. The van der Waals surface area contributed by atoms with Crippen molar-refractivity contribution in [2.45, 2.75) is 112 Å². The zero-order valence-electron chi connectivity index (χ0n) is 38.4. The van der Waals surface area contributed by atoms with E-state index in [1.807, 2.05) is 0 Å². The van der Waals surface area contributed by atoms with Crippen LogP contribution >= 0.6 is 23.5 Å². The molecule has 37 heteroatoms. The van der Waals surface area contributed by atoms with Gasteiger partial charge in [-0.15, -0.1) is 0 Å². The lowest BCUT2D eigenvalue weighted by molar-refractivity contribution is -0.0601. The monoisotopic (exact) mass is 1100 g/mol. The lowest BCUT2D eigenvalue weighted by Gasteiger charge is -2.39. The van der Waals surface area contributed by atoms with Gasteiger partial charge in [-0.1, -0.05) is 0 Å². The van der Waals surface area contributed by atoms with E-state index >= 15 is 0 Å². The number of hydrogen-bond acceptors (Lipinski definition) is 27. The number of H-pyrrole nitrogens is 1. The predicted octanol–water partition coefficient (Wildman–Crippen LogP) is 1.05. The largest absolute Gasteiger partial charge is 0.472 e. The first-order valence-electron chi connectivity index (χ1n) is 22.9. The van der Waals surface area contributed by atoms with Gasteiger partial charge in [0, 0.05) is 19.3 Å². The molecule has 5 aliphatic heterocycles. The summed E-state index contributed by atoms with van der Waals surface area (Å²) in [6.45, 7) is -2.41. The Balaban J connectivity index is 0.779. The summed E-state index contributed by atoms with van der Waals surface area (Å²) < 4.78 is 96.4. The molecule has 74 heavy (non-hydrogen) atoms. The molecule has 12 atom stereocenters. The molecule has 0 amide bonds. The lowest BCUT2D eigenvalue weighted by Crippen LogP contribution is -2.41. The maximum absolute atomic E-state index is 14.0. The number of anilines is 3. The van der Waals surface area contributed by atoms with Crippen LogP contribution in [0.4, 0.5) is 17.6 Å². The van der Waals surface area contributed by atoms with Crippen molar-refractivity contribution >= 4 is 74.5 Å². The van der Waals surface area contributed by atoms with Crippen molar-refractivity contribution in [2.75, 3.05) is 43.6 Å². The number of aromatic nitrogens is 12. The smallest absolute Gasteiger partial charge is 0.390 e. The number of nitrogens with one attached hydrogen (secondary N) is 1. The van der Waals surface area contributed by atoms with Crippen LogP contribution < -0.4 is 22.8 Å². The Kier molecular flexibility index (Phi) is 13.5. The van der Waals surface area contributed by atoms with Crippen LogP contribution in [0.5, 0.6) is 0 Å². The minimum Gasteiger partial charge on any atom is -0.390 e. The van der Waals surface area contributed by atoms with Crippen molar-refractivity contribution in [3.8, 4) is 0 Å². The molecule has 0 spiro atoms. The number of phosphoric acid groups is 3. The van der Waals surface area contributed by atoms with Gasteiger partial charge >= 0.3 is 23.5 Å². The number of rotatable bonds is 19. The number of imidazole rings is 3. The van der Waals surface area contributed by atoms with Gasteiger partial charge in [0.15, 0.2) is 34.1 Å². The SMILES string of the molecule is Nc1nc2c(ncn2[C@H]2C[C@H](O)[C@@H](COP(=O)(O)O[C@H]3C[C@H](n4cnc5c(N)ncnc54)O[C@@H]3COP(=O)(O)O[C@H]3C[C@H](n4cnc5c(N)ncnc54)O[C@@H]3COP(=O)(O)OCC34CCC(CC3)N=N4)O2)c(=O)[nH]1. The van der Waals surface area contributed by atoms with E-state index in [0.717, 1.165) is 12.8 Å². The topological polar surface area (TPSA) is 469 Å². The highest BCUT2D eigenvalue weighted by atomic mass is 31.2. The average Bonchev–Trinajstić information content (AvgIpc) is 4.24. The van der Waals surface area contributed by atoms with Gasteiger partial charge in [0.2, 0.25) is 5.95 Å². The first-order valence-corrected chi connectivity index (χ1v) is 27.4. The Hall–Kier alpha value is -5.38. The van der Waals surface area contributed by atoms with Gasteiger partial charge in [-0.2, -0.15) is 15.2 Å². The molecule has 11 N–H and O–H groups in total. The average molecular weight is 1100 g/mol. The highest BCUT2D eigenvalue weighted by Crippen LogP contribution is 2.54. The normalized spacial score (nSPS) is 31.4. The van der Waals surface area contributed by atoms with Gasteiger partial charge < -0.3 is 51.2 Å². The lowest BCUT2D eigenvalue weighted by atomic mass is 9.79. The van der Waals surface area contributed by atoms with Crippen molar-refractivity contribution < 1.29 is 74.8 Å². The molecule has 0 aromatic carbocycles. The summed E-state index contributed by atoms with van der Waals surface area (Å²) in [5, 5.41) is 19.4. The number of aliphatic hydroxyl groups is 1. The molecule has 3 saturated heterocycles. The van der Waals surface area contributed by atoms with Crippen molar-refractivity contribution in [1.82, 2.24) is 58.6 Å². The molecule has 2 bridgehead atoms. The molecule has 1 aliphatic carbocycles. The van der Waals surface area contributed by atoms with Gasteiger partial charge in [0.25, 0.3) is 5.56 Å². The molecule has 34 nitrogen and oxygen atoms in total. The minimum absolute atomic E-state index is 0.0340. The molecular formula is C37H48N17O17P3. The number of ether oxygens (including phenoxy) is 3. The van der Waals surface area contributed by atoms with Gasteiger partial charge in [-0.3, -0.25) is 50.6 Å². The second kappa shape index (κ2) is 19.6. The zero-order chi connectivity index (χ0) is 51.7. The third-order valence-electron chi connectivity index (χ3n) is 13.3. The summed E-state index contributed by atoms with van der Waals surface area (Å²) in [5.74, 6) is -0.0646. The highest BCUT2D eigenvalue weighted by molar-refractivity contribution is 7.48. The fourth-order valence-corrected chi connectivity index (χ4v) is 12.2. The van der Waals surface area contributed by atoms with E-state index < -0.39 is 110 Å². The van der Waals surface area contributed by atoms with Gasteiger partial charge in [-0.25, -0.2) is 48.6 Å². The number of aromatic amines is 1. The Bertz CT molecular complexity index is 3320. The van der Waals surface area contributed by atoms with E-state index in [1.54, 1.807) is 0 Å². The molecule has 1 saturated carbocycles. The molecular weight excluding hydrogens is 1050 g/mol. The second-order valence-corrected chi connectivity index (χ2v) is 22.4. The van der Waals surface area contributed by atoms with Crippen molar-refractivity contribution in [2.24, 2.45) is 10.2 Å². The van der Waals surface area contributed by atoms with Crippen molar-refractivity contribution in [3.05, 3.63) is 42.0 Å². The predicted molar refractivity (Wildman–Crippen MR) is 246 cm³/mol. The molecule has 0 radical (unpaired) electrons.